The first-order valence-electron chi connectivity index (χ1n) is 5.78. The minimum atomic E-state index is -3.49. The molecule has 1 atom stereocenters. The molecule has 0 aliphatic carbocycles. The molecule has 1 aromatic carbocycles. The van der Waals surface area contributed by atoms with Gasteiger partial charge in [-0.1, -0.05) is 6.07 Å². The number of rotatable bonds is 2. The number of nitrogens with zero attached hydrogens (tertiary/aromatic N) is 2. The molecule has 0 amide bonds. The number of hydrogen-bond acceptors (Lipinski definition) is 4. The van der Waals surface area contributed by atoms with Gasteiger partial charge in [0.1, 0.15) is 0 Å². The predicted octanol–water partition coefficient (Wildman–Crippen LogP) is 0.541. The fourth-order valence-corrected chi connectivity index (χ4v) is 3.57. The topological polar surface area (TPSA) is 73.2 Å². The van der Waals surface area contributed by atoms with Gasteiger partial charge in [0, 0.05) is 25.7 Å². The fourth-order valence-electron chi connectivity index (χ4n) is 1.99. The summed E-state index contributed by atoms with van der Waals surface area (Å²) in [4.78, 5) is 0.190. The monoisotopic (exact) mass is 265 g/mol. The highest BCUT2D eigenvalue weighted by Crippen LogP contribution is 2.18. The lowest BCUT2D eigenvalue weighted by Crippen LogP contribution is -2.51. The van der Waals surface area contributed by atoms with Crippen LogP contribution in [-0.4, -0.2) is 38.4 Å². The minimum absolute atomic E-state index is 0.146. The van der Waals surface area contributed by atoms with Crippen LogP contribution in [0.5, 0.6) is 0 Å². The first-order chi connectivity index (χ1) is 8.54. The van der Waals surface area contributed by atoms with Gasteiger partial charge in [-0.2, -0.15) is 9.57 Å². The summed E-state index contributed by atoms with van der Waals surface area (Å²) in [6.45, 7) is 3.52. The van der Waals surface area contributed by atoms with Gasteiger partial charge in [0.05, 0.1) is 16.5 Å². The van der Waals surface area contributed by atoms with Gasteiger partial charge in [-0.15, -0.1) is 0 Å². The smallest absolute Gasteiger partial charge is 0.243 e. The Bertz CT molecular complexity index is 577. The Balaban J connectivity index is 2.33. The van der Waals surface area contributed by atoms with Crippen LogP contribution in [0.2, 0.25) is 0 Å². The molecule has 6 heteroatoms. The third kappa shape index (κ3) is 2.53. The zero-order valence-corrected chi connectivity index (χ0v) is 10.9. The molecule has 1 aliphatic heterocycles. The summed E-state index contributed by atoms with van der Waals surface area (Å²) in [6, 6.07) is 8.24. The molecule has 0 saturated carbocycles. The molecule has 1 saturated heterocycles. The van der Waals surface area contributed by atoms with Gasteiger partial charge in [-0.05, 0) is 25.1 Å². The Morgan fingerprint density at radius 2 is 2.28 bits per heavy atom. The van der Waals surface area contributed by atoms with Gasteiger partial charge in [0.2, 0.25) is 10.0 Å². The maximum atomic E-state index is 12.4. The van der Waals surface area contributed by atoms with Gasteiger partial charge in [-0.3, -0.25) is 0 Å². The lowest BCUT2D eigenvalue weighted by Gasteiger charge is -2.31. The van der Waals surface area contributed by atoms with Crippen molar-refractivity contribution in [1.29, 1.82) is 5.26 Å². The van der Waals surface area contributed by atoms with E-state index in [-0.39, 0.29) is 10.9 Å². The summed E-state index contributed by atoms with van der Waals surface area (Å²) in [7, 11) is -3.49. The van der Waals surface area contributed by atoms with Crippen molar-refractivity contribution < 1.29 is 8.42 Å². The Kier molecular flexibility index (Phi) is 3.66. The van der Waals surface area contributed by atoms with E-state index in [9.17, 15) is 8.42 Å². The molecule has 1 heterocycles. The van der Waals surface area contributed by atoms with Crippen LogP contribution in [0, 0.1) is 11.3 Å². The Morgan fingerprint density at radius 3 is 2.94 bits per heavy atom. The third-order valence-corrected chi connectivity index (χ3v) is 4.79. The van der Waals surface area contributed by atoms with Crippen molar-refractivity contribution in [3.8, 4) is 6.07 Å². The van der Waals surface area contributed by atoms with E-state index < -0.39 is 10.0 Å². The summed E-state index contributed by atoms with van der Waals surface area (Å²) in [5.74, 6) is 0. The van der Waals surface area contributed by atoms with Crippen LogP contribution in [0.1, 0.15) is 12.5 Å². The lowest BCUT2D eigenvalue weighted by atomic mass is 10.2. The van der Waals surface area contributed by atoms with Crippen molar-refractivity contribution in [2.75, 3.05) is 19.6 Å². The predicted molar refractivity (Wildman–Crippen MR) is 67.4 cm³/mol. The van der Waals surface area contributed by atoms with E-state index in [4.69, 9.17) is 5.26 Å². The molecular weight excluding hydrogens is 250 g/mol. The maximum Gasteiger partial charge on any atom is 0.243 e. The zero-order chi connectivity index (χ0) is 13.2. The van der Waals surface area contributed by atoms with E-state index in [0.717, 1.165) is 0 Å². The van der Waals surface area contributed by atoms with E-state index in [1.165, 1.54) is 16.4 Å². The molecule has 1 aromatic rings. The van der Waals surface area contributed by atoms with Crippen molar-refractivity contribution in [3.63, 3.8) is 0 Å². The molecule has 18 heavy (non-hydrogen) atoms. The summed E-state index contributed by atoms with van der Waals surface area (Å²) in [5, 5.41) is 12.0. The van der Waals surface area contributed by atoms with Crippen LogP contribution < -0.4 is 5.32 Å². The van der Waals surface area contributed by atoms with Crippen LogP contribution in [0.15, 0.2) is 29.2 Å². The average Bonchev–Trinajstić information content (AvgIpc) is 2.39. The van der Waals surface area contributed by atoms with Crippen LogP contribution in [-0.2, 0) is 10.0 Å². The highest BCUT2D eigenvalue weighted by Gasteiger charge is 2.28. The van der Waals surface area contributed by atoms with Gasteiger partial charge in [0.15, 0.2) is 0 Å². The Morgan fingerprint density at radius 1 is 1.50 bits per heavy atom. The number of nitriles is 1. The third-order valence-electron chi connectivity index (χ3n) is 2.93. The number of sulfonamides is 1. The molecule has 1 N–H and O–H groups in total. The number of hydrogen-bond donors (Lipinski definition) is 1. The molecule has 96 valence electrons. The molecule has 0 bridgehead atoms. The highest BCUT2D eigenvalue weighted by atomic mass is 32.2. The van der Waals surface area contributed by atoms with Crippen molar-refractivity contribution in [3.05, 3.63) is 29.8 Å². The first-order valence-corrected chi connectivity index (χ1v) is 7.22. The number of nitrogens with one attached hydrogen (secondary N) is 1. The molecule has 5 nitrogen and oxygen atoms in total. The summed E-state index contributed by atoms with van der Waals surface area (Å²) < 4.78 is 26.2. The Labute approximate surface area is 107 Å². The summed E-state index contributed by atoms with van der Waals surface area (Å²) in [6.07, 6.45) is 0. The van der Waals surface area contributed by atoms with E-state index in [1.807, 2.05) is 13.0 Å². The number of benzene rings is 1. The van der Waals surface area contributed by atoms with Crippen molar-refractivity contribution in [2.24, 2.45) is 0 Å². The second kappa shape index (κ2) is 5.06. The standard InChI is InChI=1S/C12H15N3O2S/c1-10-9-15(6-5-14-10)18(16,17)12-4-2-3-11(7-12)8-13/h2-4,7,10,14H,5-6,9H2,1H3/t10-/m1/s1. The van der Waals surface area contributed by atoms with Crippen molar-refractivity contribution in [2.45, 2.75) is 17.9 Å². The maximum absolute atomic E-state index is 12.4. The molecule has 0 radical (unpaired) electrons. The van der Waals surface area contributed by atoms with E-state index in [2.05, 4.69) is 5.32 Å². The SMILES string of the molecule is C[C@@H]1CN(S(=O)(=O)c2cccc(C#N)c2)CCN1. The Hall–Kier alpha value is -1.42. The van der Waals surface area contributed by atoms with Crippen LogP contribution in [0.3, 0.4) is 0 Å². The van der Waals surface area contributed by atoms with Crippen LogP contribution >= 0.6 is 0 Å². The van der Waals surface area contributed by atoms with Crippen molar-refractivity contribution >= 4 is 10.0 Å². The molecule has 1 fully saturated rings. The highest BCUT2D eigenvalue weighted by molar-refractivity contribution is 7.89. The van der Waals surface area contributed by atoms with Gasteiger partial charge < -0.3 is 5.32 Å². The van der Waals surface area contributed by atoms with E-state index >= 15 is 0 Å². The minimum Gasteiger partial charge on any atom is -0.312 e. The van der Waals surface area contributed by atoms with Gasteiger partial charge in [-0.25, -0.2) is 8.42 Å². The fraction of sp³-hybridized carbons (Fsp3) is 0.417. The van der Waals surface area contributed by atoms with Gasteiger partial charge in [0.25, 0.3) is 0 Å². The largest absolute Gasteiger partial charge is 0.312 e. The molecule has 0 spiro atoms. The molecule has 2 rings (SSSR count). The second-order valence-electron chi connectivity index (χ2n) is 4.36. The first kappa shape index (κ1) is 13.0. The molecule has 1 aliphatic rings. The van der Waals surface area contributed by atoms with E-state index in [0.29, 0.717) is 25.2 Å². The average molecular weight is 265 g/mol. The lowest BCUT2D eigenvalue weighted by molar-refractivity contribution is 0.310. The van der Waals surface area contributed by atoms with E-state index in [1.54, 1.807) is 12.1 Å². The molecule has 0 aromatic heterocycles. The quantitative estimate of drug-likeness (QED) is 0.847. The van der Waals surface area contributed by atoms with Gasteiger partial charge >= 0.3 is 0 Å². The van der Waals surface area contributed by atoms with Crippen molar-refractivity contribution in [1.82, 2.24) is 9.62 Å². The second-order valence-corrected chi connectivity index (χ2v) is 6.30. The normalized spacial score (nSPS) is 21.4. The summed E-state index contributed by atoms with van der Waals surface area (Å²) in [5.41, 5.74) is 0.360. The zero-order valence-electron chi connectivity index (χ0n) is 10.1. The molecule has 0 unspecified atom stereocenters. The number of piperazine rings is 1. The van der Waals surface area contributed by atoms with Crippen LogP contribution in [0.4, 0.5) is 0 Å². The van der Waals surface area contributed by atoms with Crippen LogP contribution in [0.25, 0.3) is 0 Å². The summed E-state index contributed by atoms with van der Waals surface area (Å²) >= 11 is 0. The molecular formula is C12H15N3O2S.